The van der Waals surface area contributed by atoms with Crippen LogP contribution in [0.3, 0.4) is 0 Å². The number of carbonyl (C=O) groups is 8. The number of carboxylic acid groups (broad SMARTS) is 4. The molecule has 1 aliphatic rings. The molecule has 2 aromatic rings. The Balaban J connectivity index is 0.000000516. The Bertz CT molecular complexity index is 1730. The molecule has 0 spiro atoms. The zero-order valence-electron chi connectivity index (χ0n) is 30.8. The monoisotopic (exact) mass is 879 g/mol. The van der Waals surface area contributed by atoms with Crippen LogP contribution < -0.4 is 38.5 Å². The highest BCUT2D eigenvalue weighted by Crippen LogP contribution is 2.31. The first-order valence-corrected chi connectivity index (χ1v) is 19.6. The second-order valence-electron chi connectivity index (χ2n) is 12.3. The normalized spacial score (nSPS) is 19.2. The van der Waals surface area contributed by atoms with Crippen molar-refractivity contribution in [2.45, 2.75) is 74.4 Å². The van der Waals surface area contributed by atoms with Gasteiger partial charge in [-0.15, -0.1) is 0 Å². The summed E-state index contributed by atoms with van der Waals surface area (Å²) < 4.78 is 6.85. The van der Waals surface area contributed by atoms with Crippen molar-refractivity contribution >= 4 is 86.1 Å². The molecule has 17 N–H and O–H groups in total. The van der Waals surface area contributed by atoms with Gasteiger partial charge in [0.15, 0.2) is 17.7 Å². The van der Waals surface area contributed by atoms with E-state index in [1.165, 1.54) is 17.2 Å². The van der Waals surface area contributed by atoms with E-state index in [0.29, 0.717) is 11.2 Å². The summed E-state index contributed by atoms with van der Waals surface area (Å²) in [6.45, 7) is -1.87. The number of aliphatic hydroxyl groups is 3. The summed E-state index contributed by atoms with van der Waals surface area (Å²) in [5, 5.41) is 72.8. The number of nitrogens with one attached hydrogen (secondary N) is 4. The molecule has 1 aliphatic heterocycles. The molecule has 0 bridgehead atoms. The van der Waals surface area contributed by atoms with Gasteiger partial charge in [0.2, 0.25) is 23.6 Å². The zero-order valence-corrected chi connectivity index (χ0v) is 32.4. The number of aliphatic hydroxyl groups excluding tert-OH is 3. The molecular formula is C30H45N11O16S2. The van der Waals surface area contributed by atoms with Crippen molar-refractivity contribution in [3.8, 4) is 0 Å². The molecule has 4 amide bonds. The molecule has 3 heterocycles. The Morgan fingerprint density at radius 2 is 1.24 bits per heavy atom. The number of imidazole rings is 1. The van der Waals surface area contributed by atoms with Crippen molar-refractivity contribution in [2.24, 2.45) is 11.5 Å². The predicted molar refractivity (Wildman–Crippen MR) is 203 cm³/mol. The highest BCUT2D eigenvalue weighted by Gasteiger charge is 2.44. The number of hydrogen-bond donors (Lipinski definition) is 14. The van der Waals surface area contributed by atoms with Crippen LogP contribution in [0.5, 0.6) is 0 Å². The van der Waals surface area contributed by atoms with Crippen LogP contribution in [-0.4, -0.2) is 176 Å². The van der Waals surface area contributed by atoms with Crippen molar-refractivity contribution in [2.75, 3.05) is 36.9 Å². The minimum absolute atomic E-state index is 0.155. The predicted octanol–water partition coefficient (Wildman–Crippen LogP) is -5.86. The smallest absolute Gasteiger partial charge is 0.322 e. The standard InChI is InChI=1S/C20H32N6O12S2.C10H13N5O4/c21-9(19(35)36)1-3-13(27)25-11(17(33)23-5-15(29)30)7-39-40-8-12(18(34)24-6-16(31)32)26-14(28)4-2-10(22)20(37)38;11-8-5-9(13-2-12-8)15(3-14-5)10-7(18)6(17)4(1-16)19-10/h9-12H,1-8,21-22H2,(H,23,33)(H,24,34)(H,25,27)(H,26,28)(H,29,30)(H,31,32)(H,35,36)(H,37,38);2-4,6-7,10,16-18H,1H2,(H2,11,12,13)/t;4-,6-,7-,10-/m.1/s1. The Morgan fingerprint density at radius 1 is 0.763 bits per heavy atom. The minimum Gasteiger partial charge on any atom is -0.480 e. The van der Waals surface area contributed by atoms with Crippen molar-refractivity contribution < 1.29 is 78.8 Å². The molecule has 328 valence electrons. The van der Waals surface area contributed by atoms with Crippen LogP contribution in [0.15, 0.2) is 12.7 Å². The van der Waals surface area contributed by atoms with Gasteiger partial charge < -0.3 is 79.0 Å². The van der Waals surface area contributed by atoms with Crippen molar-refractivity contribution in [3.63, 3.8) is 0 Å². The lowest BCUT2D eigenvalue weighted by atomic mass is 10.1. The van der Waals surface area contributed by atoms with Crippen LogP contribution in [0.4, 0.5) is 5.82 Å². The van der Waals surface area contributed by atoms with Gasteiger partial charge in [-0.3, -0.25) is 42.9 Å². The zero-order chi connectivity index (χ0) is 44.4. The van der Waals surface area contributed by atoms with Crippen LogP contribution in [-0.2, 0) is 43.1 Å². The number of anilines is 1. The number of carboxylic acids is 4. The molecule has 0 aromatic carbocycles. The number of fused-ring (bicyclic) bond motifs is 1. The minimum atomic E-state index is -1.34. The van der Waals surface area contributed by atoms with E-state index in [0.717, 1.165) is 21.6 Å². The lowest BCUT2D eigenvalue weighted by Crippen LogP contribution is -2.50. The summed E-state index contributed by atoms with van der Waals surface area (Å²) in [6.07, 6.45) is -2.55. The van der Waals surface area contributed by atoms with E-state index in [4.69, 9.17) is 47.5 Å². The summed E-state index contributed by atoms with van der Waals surface area (Å²) in [5.41, 5.74) is 17.1. The van der Waals surface area contributed by atoms with Crippen molar-refractivity contribution in [1.82, 2.24) is 40.8 Å². The molecule has 29 heteroatoms. The van der Waals surface area contributed by atoms with E-state index in [1.807, 2.05) is 0 Å². The summed E-state index contributed by atoms with van der Waals surface area (Å²) in [6, 6.07) is -5.16. The van der Waals surface area contributed by atoms with Gasteiger partial charge in [-0.2, -0.15) is 0 Å². The number of aliphatic carboxylic acids is 4. The topological polar surface area (TPSA) is 457 Å². The Labute approximate surface area is 340 Å². The molecule has 4 unspecified atom stereocenters. The maximum Gasteiger partial charge on any atom is 0.322 e. The second kappa shape index (κ2) is 24.5. The number of carbonyl (C=O) groups excluding carboxylic acids is 4. The van der Waals surface area contributed by atoms with Crippen LogP contribution >= 0.6 is 21.6 Å². The second-order valence-corrected chi connectivity index (χ2v) is 14.9. The first-order valence-electron chi connectivity index (χ1n) is 17.1. The van der Waals surface area contributed by atoms with Crippen LogP contribution in [0.2, 0.25) is 0 Å². The number of aromatic nitrogens is 4. The number of nitrogen functional groups attached to an aromatic ring is 1. The average Bonchev–Trinajstić information content (AvgIpc) is 3.74. The first kappa shape index (κ1) is 49.7. The molecular weight excluding hydrogens is 835 g/mol. The van der Waals surface area contributed by atoms with E-state index in [1.54, 1.807) is 0 Å². The molecule has 3 rings (SSSR count). The Morgan fingerprint density at radius 3 is 1.64 bits per heavy atom. The molecule has 0 radical (unpaired) electrons. The Hall–Kier alpha value is -5.43. The number of nitrogens with two attached hydrogens (primary N) is 3. The third-order valence-electron chi connectivity index (χ3n) is 7.86. The van der Waals surface area contributed by atoms with Gasteiger partial charge in [0.25, 0.3) is 0 Å². The van der Waals surface area contributed by atoms with Gasteiger partial charge in [0.1, 0.15) is 67.4 Å². The van der Waals surface area contributed by atoms with E-state index in [9.17, 15) is 48.6 Å². The maximum absolute atomic E-state index is 12.4. The molecule has 0 saturated carbocycles. The van der Waals surface area contributed by atoms with Crippen LogP contribution in [0.1, 0.15) is 31.9 Å². The summed E-state index contributed by atoms with van der Waals surface area (Å²) in [5.74, 6) is -8.60. The van der Waals surface area contributed by atoms with Crippen molar-refractivity contribution in [3.05, 3.63) is 12.7 Å². The van der Waals surface area contributed by atoms with Gasteiger partial charge in [0.05, 0.1) is 12.9 Å². The van der Waals surface area contributed by atoms with Crippen LogP contribution in [0, 0.1) is 0 Å². The SMILES string of the molecule is NC(CCC(=O)NC(CSSCC(NC(=O)CCC(N)C(=O)O)C(=O)NCC(=O)O)C(=O)NCC(=O)O)C(=O)O.Nc1ncnc2c1ncn2[C@@H]1O[C@H](CO)[C@@H](O)[C@H]1O. The third kappa shape index (κ3) is 16.4. The quantitative estimate of drug-likeness (QED) is 0.0365. The fourth-order valence-electron chi connectivity index (χ4n) is 4.69. The Kier molecular flexibility index (Phi) is 20.6. The molecule has 1 saturated heterocycles. The highest BCUT2D eigenvalue weighted by molar-refractivity contribution is 8.76. The van der Waals surface area contributed by atoms with Crippen molar-refractivity contribution in [1.29, 1.82) is 0 Å². The lowest BCUT2D eigenvalue weighted by Gasteiger charge is -2.20. The summed E-state index contributed by atoms with van der Waals surface area (Å²) in [7, 11) is 1.89. The third-order valence-corrected chi connectivity index (χ3v) is 10.3. The highest BCUT2D eigenvalue weighted by atomic mass is 33.1. The van der Waals surface area contributed by atoms with Gasteiger partial charge in [0, 0.05) is 24.3 Å². The van der Waals surface area contributed by atoms with Crippen LogP contribution in [0.25, 0.3) is 11.2 Å². The maximum atomic E-state index is 12.4. The largest absolute Gasteiger partial charge is 0.480 e. The fraction of sp³-hybridized carbons (Fsp3) is 0.567. The molecule has 8 atom stereocenters. The molecule has 1 fully saturated rings. The number of hydrogen-bond acceptors (Lipinski definition) is 20. The number of rotatable bonds is 23. The first-order chi connectivity index (χ1) is 27.8. The number of ether oxygens (including phenoxy) is 1. The molecule has 59 heavy (non-hydrogen) atoms. The fourth-order valence-corrected chi connectivity index (χ4v) is 7.02. The molecule has 0 aliphatic carbocycles. The van der Waals surface area contributed by atoms with E-state index < -0.39 is 116 Å². The molecule has 27 nitrogen and oxygen atoms in total. The summed E-state index contributed by atoms with van der Waals surface area (Å²) >= 11 is 0. The lowest BCUT2D eigenvalue weighted by molar-refractivity contribution is -0.140. The van der Waals surface area contributed by atoms with Gasteiger partial charge in [-0.05, 0) is 12.8 Å². The van der Waals surface area contributed by atoms with E-state index in [2.05, 4.69) is 36.2 Å². The van der Waals surface area contributed by atoms with E-state index in [-0.39, 0.29) is 43.0 Å². The van der Waals surface area contributed by atoms with Gasteiger partial charge in [-0.25, -0.2) is 15.0 Å². The van der Waals surface area contributed by atoms with E-state index >= 15 is 0 Å². The summed E-state index contributed by atoms with van der Waals surface area (Å²) in [4.78, 5) is 104. The molecule has 2 aromatic heterocycles. The number of amides is 4. The number of nitrogens with zero attached hydrogens (tertiary/aromatic N) is 4. The average molecular weight is 880 g/mol. The van der Waals surface area contributed by atoms with Gasteiger partial charge >= 0.3 is 23.9 Å². The van der Waals surface area contributed by atoms with Gasteiger partial charge in [-0.1, -0.05) is 21.6 Å².